The van der Waals surface area contributed by atoms with Gasteiger partial charge in [0.15, 0.2) is 11.5 Å². The van der Waals surface area contributed by atoms with Crippen LogP contribution in [-0.2, 0) is 16.1 Å². The van der Waals surface area contributed by atoms with Crippen LogP contribution in [0.2, 0.25) is 0 Å². The maximum absolute atomic E-state index is 12.8. The number of ether oxygens (including phenoxy) is 2. The van der Waals surface area contributed by atoms with Gasteiger partial charge in [-0.1, -0.05) is 30.3 Å². The lowest BCUT2D eigenvalue weighted by Crippen LogP contribution is -2.32. The molecule has 2 aromatic rings. The van der Waals surface area contributed by atoms with Gasteiger partial charge in [0.2, 0.25) is 5.91 Å². The van der Waals surface area contributed by atoms with Crippen LogP contribution in [0, 0.1) is 11.8 Å². The molecule has 28 heavy (non-hydrogen) atoms. The van der Waals surface area contributed by atoms with E-state index in [1.54, 1.807) is 18.2 Å². The normalized spacial score (nSPS) is 21.3. The summed E-state index contributed by atoms with van der Waals surface area (Å²) in [5.41, 5.74) is 1.67. The molecule has 7 heteroatoms. The van der Waals surface area contributed by atoms with Gasteiger partial charge in [-0.25, -0.2) is 0 Å². The van der Waals surface area contributed by atoms with Gasteiger partial charge >= 0.3 is 5.97 Å². The van der Waals surface area contributed by atoms with Gasteiger partial charge in [0.25, 0.3) is 0 Å². The van der Waals surface area contributed by atoms with E-state index < -0.39 is 17.8 Å². The highest BCUT2D eigenvalue weighted by atomic mass is 16.6. The first kappa shape index (κ1) is 18.3. The number of carbonyl (C=O) groups excluding carboxylic acids is 1. The van der Waals surface area contributed by atoms with Crippen molar-refractivity contribution in [3.63, 3.8) is 0 Å². The lowest BCUT2D eigenvalue weighted by molar-refractivity contribution is -0.144. The number of likely N-dealkylation sites (tertiary alicyclic amines) is 1. The predicted octanol–water partition coefficient (Wildman–Crippen LogP) is 2.23. The lowest BCUT2D eigenvalue weighted by Gasteiger charge is -2.20. The molecule has 2 aliphatic heterocycles. The number of anilines is 1. The van der Waals surface area contributed by atoms with Crippen LogP contribution in [0.5, 0.6) is 11.5 Å². The minimum Gasteiger partial charge on any atom is -0.486 e. The third kappa shape index (κ3) is 3.94. The molecule has 1 fully saturated rings. The summed E-state index contributed by atoms with van der Waals surface area (Å²) < 4.78 is 11.0. The Kier molecular flexibility index (Phi) is 5.16. The zero-order valence-corrected chi connectivity index (χ0v) is 15.3. The Labute approximate surface area is 162 Å². The van der Waals surface area contributed by atoms with Crippen LogP contribution in [0.15, 0.2) is 48.5 Å². The summed E-state index contributed by atoms with van der Waals surface area (Å²) in [5.74, 6) is -1.37. The summed E-state index contributed by atoms with van der Waals surface area (Å²) in [4.78, 5) is 26.6. The van der Waals surface area contributed by atoms with Crippen molar-refractivity contribution in [1.29, 1.82) is 0 Å². The number of carbonyl (C=O) groups is 2. The van der Waals surface area contributed by atoms with E-state index in [2.05, 4.69) is 5.32 Å². The lowest BCUT2D eigenvalue weighted by atomic mass is 9.95. The molecule has 0 spiro atoms. The van der Waals surface area contributed by atoms with Crippen LogP contribution >= 0.6 is 0 Å². The summed E-state index contributed by atoms with van der Waals surface area (Å²) in [7, 11) is 0. The fraction of sp³-hybridized carbons (Fsp3) is 0.333. The second kappa shape index (κ2) is 7.90. The molecular formula is C21H22N2O5. The van der Waals surface area contributed by atoms with Gasteiger partial charge in [0.05, 0.1) is 11.8 Å². The van der Waals surface area contributed by atoms with Gasteiger partial charge in [0.1, 0.15) is 13.2 Å². The van der Waals surface area contributed by atoms with E-state index >= 15 is 0 Å². The average molecular weight is 382 g/mol. The van der Waals surface area contributed by atoms with Gasteiger partial charge < -0.3 is 19.9 Å². The fourth-order valence-electron chi connectivity index (χ4n) is 3.73. The summed E-state index contributed by atoms with van der Waals surface area (Å²) in [6.45, 7) is 2.34. The van der Waals surface area contributed by atoms with Crippen molar-refractivity contribution in [2.24, 2.45) is 11.8 Å². The number of fused-ring (bicyclic) bond motifs is 1. The van der Waals surface area contributed by atoms with Crippen LogP contribution in [-0.4, -0.2) is 48.2 Å². The van der Waals surface area contributed by atoms with Crippen molar-refractivity contribution in [3.8, 4) is 11.5 Å². The molecule has 1 amide bonds. The Balaban J connectivity index is 1.45. The minimum atomic E-state index is -0.946. The van der Waals surface area contributed by atoms with Crippen LogP contribution in [0.25, 0.3) is 0 Å². The van der Waals surface area contributed by atoms with Crippen molar-refractivity contribution < 1.29 is 24.2 Å². The van der Waals surface area contributed by atoms with E-state index in [9.17, 15) is 14.7 Å². The second-order valence-electron chi connectivity index (χ2n) is 7.08. The SMILES string of the molecule is O=C(Nc1ccc2c(c1)OCCO2)[C@H]1CN(Cc2ccccc2)C[C@H]1C(=O)O. The molecule has 2 heterocycles. The van der Waals surface area contributed by atoms with E-state index in [4.69, 9.17) is 9.47 Å². The minimum absolute atomic E-state index is 0.292. The first-order chi connectivity index (χ1) is 13.6. The predicted molar refractivity (Wildman–Crippen MR) is 102 cm³/mol. The third-order valence-corrected chi connectivity index (χ3v) is 5.11. The number of carboxylic acids is 1. The first-order valence-electron chi connectivity index (χ1n) is 9.30. The fourth-order valence-corrected chi connectivity index (χ4v) is 3.73. The number of hydrogen-bond acceptors (Lipinski definition) is 5. The Hall–Kier alpha value is -3.06. The molecule has 2 aliphatic rings. The maximum Gasteiger partial charge on any atom is 0.308 e. The van der Waals surface area contributed by atoms with Crippen molar-refractivity contribution in [2.45, 2.75) is 6.54 Å². The zero-order valence-electron chi connectivity index (χ0n) is 15.3. The molecular weight excluding hydrogens is 360 g/mol. The largest absolute Gasteiger partial charge is 0.486 e. The van der Waals surface area contributed by atoms with Crippen LogP contribution in [0.3, 0.4) is 0 Å². The molecule has 1 saturated heterocycles. The number of aliphatic carboxylic acids is 1. The van der Waals surface area contributed by atoms with Crippen molar-refractivity contribution in [1.82, 2.24) is 4.90 Å². The van der Waals surface area contributed by atoms with Gasteiger partial charge in [-0.3, -0.25) is 14.5 Å². The molecule has 0 radical (unpaired) electrons. The highest BCUT2D eigenvalue weighted by molar-refractivity contribution is 5.96. The number of carboxylic acid groups (broad SMARTS) is 1. The topological polar surface area (TPSA) is 88.1 Å². The molecule has 0 aliphatic carbocycles. The van der Waals surface area contributed by atoms with Crippen LogP contribution in [0.4, 0.5) is 5.69 Å². The number of nitrogens with zero attached hydrogens (tertiary/aromatic N) is 1. The van der Waals surface area contributed by atoms with Crippen LogP contribution < -0.4 is 14.8 Å². The maximum atomic E-state index is 12.8. The molecule has 0 saturated carbocycles. The smallest absolute Gasteiger partial charge is 0.308 e. The molecule has 2 N–H and O–H groups in total. The van der Waals surface area contributed by atoms with Crippen molar-refractivity contribution in [2.75, 3.05) is 31.6 Å². The summed E-state index contributed by atoms with van der Waals surface area (Å²) in [5, 5.41) is 12.4. The quantitative estimate of drug-likeness (QED) is 0.825. The molecule has 7 nitrogen and oxygen atoms in total. The number of rotatable bonds is 5. The highest BCUT2D eigenvalue weighted by Crippen LogP contribution is 2.33. The first-order valence-corrected chi connectivity index (χ1v) is 9.30. The van der Waals surface area contributed by atoms with Gasteiger partial charge in [0, 0.05) is 31.4 Å². The molecule has 0 unspecified atom stereocenters. The number of amides is 1. The van der Waals surface area contributed by atoms with Crippen molar-refractivity contribution in [3.05, 3.63) is 54.1 Å². The Bertz CT molecular complexity index is 870. The third-order valence-electron chi connectivity index (χ3n) is 5.11. The Morgan fingerprint density at radius 1 is 1.00 bits per heavy atom. The average Bonchev–Trinajstić information content (AvgIpc) is 3.13. The van der Waals surface area contributed by atoms with Crippen molar-refractivity contribution >= 4 is 17.6 Å². The number of nitrogens with one attached hydrogen (secondary N) is 1. The molecule has 2 aromatic carbocycles. The van der Waals surface area contributed by atoms with E-state index in [-0.39, 0.29) is 5.91 Å². The van der Waals surface area contributed by atoms with Gasteiger partial charge in [-0.05, 0) is 17.7 Å². The Morgan fingerprint density at radius 3 is 2.46 bits per heavy atom. The van der Waals surface area contributed by atoms with Crippen LogP contribution in [0.1, 0.15) is 5.56 Å². The molecule has 0 aromatic heterocycles. The standard InChI is InChI=1S/C21H22N2O5/c24-20(22-15-6-7-18-19(10-15)28-9-8-27-18)16-12-23(13-17(16)21(25)26)11-14-4-2-1-3-5-14/h1-7,10,16-17H,8-9,11-13H2,(H,22,24)(H,25,26)/t16-,17+/m0/s1. The molecule has 146 valence electrons. The van der Waals surface area contributed by atoms with Gasteiger partial charge in [-0.15, -0.1) is 0 Å². The molecule has 4 rings (SSSR count). The highest BCUT2D eigenvalue weighted by Gasteiger charge is 2.41. The molecule has 2 atom stereocenters. The van der Waals surface area contributed by atoms with E-state index in [0.717, 1.165) is 5.56 Å². The zero-order chi connectivity index (χ0) is 19.5. The summed E-state index contributed by atoms with van der Waals surface area (Å²) in [6, 6.07) is 15.0. The second-order valence-corrected chi connectivity index (χ2v) is 7.08. The van der Waals surface area contributed by atoms with E-state index in [1.807, 2.05) is 35.2 Å². The monoisotopic (exact) mass is 382 g/mol. The van der Waals surface area contributed by atoms with E-state index in [0.29, 0.717) is 50.0 Å². The Morgan fingerprint density at radius 2 is 1.71 bits per heavy atom. The van der Waals surface area contributed by atoms with E-state index in [1.165, 1.54) is 0 Å². The number of benzene rings is 2. The van der Waals surface area contributed by atoms with Gasteiger partial charge in [-0.2, -0.15) is 0 Å². The summed E-state index contributed by atoms with van der Waals surface area (Å²) >= 11 is 0. The summed E-state index contributed by atoms with van der Waals surface area (Å²) in [6.07, 6.45) is 0. The number of hydrogen-bond donors (Lipinski definition) is 2. The molecule has 0 bridgehead atoms.